The fraction of sp³-hybridized carbons (Fsp3) is 0.600. The van der Waals surface area contributed by atoms with Gasteiger partial charge in [-0.2, -0.15) is 4.98 Å². The third-order valence-electron chi connectivity index (χ3n) is 2.80. The Morgan fingerprint density at radius 2 is 2.31 bits per heavy atom. The highest BCUT2D eigenvalue weighted by Crippen LogP contribution is 2.22. The minimum absolute atomic E-state index is 0.106. The third kappa shape index (κ3) is 2.06. The molecule has 0 saturated carbocycles. The molecule has 5 nitrogen and oxygen atoms in total. The van der Waals surface area contributed by atoms with E-state index in [4.69, 9.17) is 5.73 Å². The summed E-state index contributed by atoms with van der Waals surface area (Å²) in [5.41, 5.74) is 5.54. The van der Waals surface area contributed by atoms with Gasteiger partial charge in [0.15, 0.2) is 0 Å². The number of hydrogen-bond acceptors (Lipinski definition) is 5. The first-order valence-corrected chi connectivity index (χ1v) is 5.23. The van der Waals surface area contributed by atoms with Crippen LogP contribution < -0.4 is 10.6 Å². The molecule has 1 aromatic heterocycles. The maximum absolute atomic E-state index is 13.5. The fourth-order valence-electron chi connectivity index (χ4n) is 1.88. The number of piperidine rings is 1. The van der Waals surface area contributed by atoms with Crippen molar-refractivity contribution in [3.05, 3.63) is 12.3 Å². The number of rotatable bonds is 1. The average molecular weight is 226 g/mol. The summed E-state index contributed by atoms with van der Waals surface area (Å²) in [6, 6.07) is 1.58. The summed E-state index contributed by atoms with van der Waals surface area (Å²) in [5.74, 6) is 0.634. The molecule has 3 N–H and O–H groups in total. The minimum atomic E-state index is -1.27. The van der Waals surface area contributed by atoms with Gasteiger partial charge in [-0.25, -0.2) is 9.37 Å². The van der Waals surface area contributed by atoms with Gasteiger partial charge in [-0.15, -0.1) is 0 Å². The van der Waals surface area contributed by atoms with Crippen molar-refractivity contribution in [1.29, 1.82) is 0 Å². The van der Waals surface area contributed by atoms with Gasteiger partial charge in [-0.3, -0.25) is 0 Å². The van der Waals surface area contributed by atoms with E-state index in [1.54, 1.807) is 24.1 Å². The summed E-state index contributed by atoms with van der Waals surface area (Å²) in [6.07, 6.45) is -0.633. The zero-order chi connectivity index (χ0) is 11.7. The summed E-state index contributed by atoms with van der Waals surface area (Å²) in [5, 5.41) is 9.50. The number of aromatic nitrogens is 2. The Morgan fingerprint density at radius 1 is 1.56 bits per heavy atom. The van der Waals surface area contributed by atoms with Gasteiger partial charge in [0, 0.05) is 18.7 Å². The highest BCUT2D eigenvalue weighted by atomic mass is 19.1. The number of halogens is 1. The molecule has 1 aromatic rings. The molecule has 0 aliphatic carbocycles. The van der Waals surface area contributed by atoms with E-state index in [2.05, 4.69) is 9.97 Å². The first kappa shape index (κ1) is 11.1. The monoisotopic (exact) mass is 226 g/mol. The van der Waals surface area contributed by atoms with E-state index < -0.39 is 12.3 Å². The van der Waals surface area contributed by atoms with Crippen molar-refractivity contribution in [2.24, 2.45) is 5.92 Å². The zero-order valence-electron chi connectivity index (χ0n) is 9.05. The molecule has 1 saturated heterocycles. The minimum Gasteiger partial charge on any atom is -0.390 e. The van der Waals surface area contributed by atoms with Crippen LogP contribution in [0.1, 0.15) is 6.92 Å². The molecule has 88 valence electrons. The third-order valence-corrected chi connectivity index (χ3v) is 2.80. The molecule has 0 bridgehead atoms. The Morgan fingerprint density at radius 3 is 2.94 bits per heavy atom. The van der Waals surface area contributed by atoms with E-state index in [1.165, 1.54) is 0 Å². The molecule has 0 aromatic carbocycles. The van der Waals surface area contributed by atoms with Crippen LogP contribution in [0.4, 0.5) is 16.2 Å². The molecular formula is C10H15FN4O. The average Bonchev–Trinajstić information content (AvgIpc) is 2.25. The van der Waals surface area contributed by atoms with Crippen LogP contribution in [0.2, 0.25) is 0 Å². The van der Waals surface area contributed by atoms with E-state index in [9.17, 15) is 9.50 Å². The van der Waals surface area contributed by atoms with Crippen LogP contribution in [0.5, 0.6) is 0 Å². The van der Waals surface area contributed by atoms with Crippen LogP contribution >= 0.6 is 0 Å². The molecule has 2 heterocycles. The molecule has 0 unspecified atom stereocenters. The van der Waals surface area contributed by atoms with Gasteiger partial charge in [0.1, 0.15) is 12.0 Å². The van der Waals surface area contributed by atoms with Crippen LogP contribution in [-0.4, -0.2) is 40.4 Å². The lowest BCUT2D eigenvalue weighted by molar-refractivity contribution is 0.0238. The zero-order valence-corrected chi connectivity index (χ0v) is 9.05. The van der Waals surface area contributed by atoms with E-state index >= 15 is 0 Å². The summed E-state index contributed by atoms with van der Waals surface area (Å²) < 4.78 is 13.5. The van der Waals surface area contributed by atoms with Crippen LogP contribution in [0, 0.1) is 5.92 Å². The lowest BCUT2D eigenvalue weighted by atomic mass is 9.95. The van der Waals surface area contributed by atoms with Gasteiger partial charge < -0.3 is 15.7 Å². The van der Waals surface area contributed by atoms with Crippen molar-refractivity contribution < 1.29 is 9.50 Å². The molecule has 2 rings (SSSR count). The Labute approximate surface area is 93.1 Å². The Hall–Kier alpha value is -1.43. The van der Waals surface area contributed by atoms with Crippen molar-refractivity contribution in [2.45, 2.75) is 19.2 Å². The second kappa shape index (κ2) is 4.21. The lowest BCUT2D eigenvalue weighted by Crippen LogP contribution is -2.50. The molecule has 6 heteroatoms. The van der Waals surface area contributed by atoms with Crippen molar-refractivity contribution in [3.63, 3.8) is 0 Å². The molecule has 0 spiro atoms. The number of aliphatic hydroxyl groups excluding tert-OH is 1. The summed E-state index contributed by atoms with van der Waals surface area (Å²) in [7, 11) is 0. The summed E-state index contributed by atoms with van der Waals surface area (Å²) in [4.78, 5) is 9.79. The van der Waals surface area contributed by atoms with E-state index in [-0.39, 0.29) is 12.5 Å². The maximum Gasteiger partial charge on any atom is 0.227 e. The van der Waals surface area contributed by atoms with E-state index in [0.29, 0.717) is 18.3 Å². The Balaban J connectivity index is 2.17. The maximum atomic E-state index is 13.5. The molecule has 1 aliphatic heterocycles. The topological polar surface area (TPSA) is 75.3 Å². The van der Waals surface area contributed by atoms with Gasteiger partial charge in [0.05, 0.1) is 12.6 Å². The van der Waals surface area contributed by atoms with Crippen molar-refractivity contribution in [3.8, 4) is 0 Å². The second-order valence-corrected chi connectivity index (χ2v) is 4.17. The Bertz CT molecular complexity index is 364. The summed E-state index contributed by atoms with van der Waals surface area (Å²) >= 11 is 0. The summed E-state index contributed by atoms with van der Waals surface area (Å²) in [6.45, 7) is 2.44. The SMILES string of the molecule is C[C@@H]1CN(c2nccc(N)n2)C[C@@H](F)[C@H]1O. The number of hydrogen-bond donors (Lipinski definition) is 2. The van der Waals surface area contributed by atoms with Crippen LogP contribution in [-0.2, 0) is 0 Å². The smallest absolute Gasteiger partial charge is 0.227 e. The van der Waals surface area contributed by atoms with Crippen LogP contribution in [0.15, 0.2) is 12.3 Å². The van der Waals surface area contributed by atoms with Crippen LogP contribution in [0.25, 0.3) is 0 Å². The normalized spacial score (nSPS) is 30.4. The van der Waals surface area contributed by atoms with E-state index in [0.717, 1.165) is 0 Å². The number of nitrogens with two attached hydrogens (primary N) is 1. The quantitative estimate of drug-likeness (QED) is 0.716. The first-order valence-electron chi connectivity index (χ1n) is 5.23. The van der Waals surface area contributed by atoms with Crippen molar-refractivity contribution >= 4 is 11.8 Å². The number of alkyl halides is 1. The molecule has 1 aliphatic rings. The highest BCUT2D eigenvalue weighted by Gasteiger charge is 2.34. The fourth-order valence-corrected chi connectivity index (χ4v) is 1.88. The largest absolute Gasteiger partial charge is 0.390 e. The van der Waals surface area contributed by atoms with Gasteiger partial charge >= 0.3 is 0 Å². The molecule has 1 fully saturated rings. The standard InChI is InChI=1S/C10H15FN4O/c1-6-4-15(5-7(11)9(6)16)10-13-3-2-8(12)14-10/h2-3,6-7,9,16H,4-5H2,1H3,(H2,12,13,14)/t6-,7-,9+/m1/s1. The lowest BCUT2D eigenvalue weighted by Gasteiger charge is -2.36. The Kier molecular flexibility index (Phi) is 2.91. The number of aliphatic hydroxyl groups is 1. The van der Waals surface area contributed by atoms with Gasteiger partial charge in [0.2, 0.25) is 5.95 Å². The second-order valence-electron chi connectivity index (χ2n) is 4.17. The van der Waals surface area contributed by atoms with Gasteiger partial charge in [-0.05, 0) is 6.07 Å². The van der Waals surface area contributed by atoms with Crippen LogP contribution in [0.3, 0.4) is 0 Å². The molecular weight excluding hydrogens is 211 g/mol. The number of anilines is 2. The number of nitrogen functional groups attached to an aromatic ring is 1. The highest BCUT2D eigenvalue weighted by molar-refractivity contribution is 5.38. The predicted molar refractivity (Wildman–Crippen MR) is 58.7 cm³/mol. The molecule has 0 radical (unpaired) electrons. The molecule has 16 heavy (non-hydrogen) atoms. The van der Waals surface area contributed by atoms with E-state index in [1.807, 2.05) is 0 Å². The van der Waals surface area contributed by atoms with Crippen molar-refractivity contribution in [2.75, 3.05) is 23.7 Å². The van der Waals surface area contributed by atoms with Gasteiger partial charge in [0.25, 0.3) is 0 Å². The van der Waals surface area contributed by atoms with Crippen molar-refractivity contribution in [1.82, 2.24) is 9.97 Å². The number of nitrogens with zero attached hydrogens (tertiary/aromatic N) is 3. The molecule has 3 atom stereocenters. The molecule has 0 amide bonds. The first-order chi connectivity index (χ1) is 7.58. The predicted octanol–water partition coefficient (Wildman–Crippen LogP) is 0.214. The van der Waals surface area contributed by atoms with Gasteiger partial charge in [-0.1, -0.05) is 6.92 Å².